The van der Waals surface area contributed by atoms with Gasteiger partial charge in [-0.15, -0.1) is 0 Å². The zero-order valence-corrected chi connectivity index (χ0v) is 28.9. The van der Waals surface area contributed by atoms with Crippen molar-refractivity contribution in [2.24, 2.45) is 0 Å². The van der Waals surface area contributed by atoms with Crippen molar-refractivity contribution in [2.45, 2.75) is 194 Å². The van der Waals surface area contributed by atoms with E-state index < -0.39 is 11.9 Å². The number of carboxylic acids is 2. The molecule has 0 heterocycles. The van der Waals surface area contributed by atoms with Gasteiger partial charge < -0.3 is 10.2 Å². The number of carbonyl (C=O) groups is 2. The van der Waals surface area contributed by atoms with Crippen molar-refractivity contribution in [3.8, 4) is 0 Å². The Kier molecular flexibility index (Phi) is 44.9. The molecular weight excluding hydrogens is 544 g/mol. The number of rotatable bonds is 30. The van der Waals surface area contributed by atoms with Crippen LogP contribution in [0.4, 0.5) is 0 Å². The molecule has 0 aromatic carbocycles. The maximum Gasteiger partial charge on any atom is 0.303 e. The molecule has 0 saturated heterocycles. The van der Waals surface area contributed by atoms with Crippen LogP contribution < -0.4 is 0 Å². The fraction of sp³-hybridized carbons (Fsp3) is 0.833. The van der Waals surface area contributed by atoms with Crippen LogP contribution in [0.5, 0.6) is 0 Å². The fourth-order valence-corrected chi connectivity index (χ4v) is 4.69. The number of allylic oxidation sites excluding steroid dienone is 4. The van der Waals surface area contributed by atoms with Crippen molar-refractivity contribution >= 4 is 11.9 Å². The average molecular weight is 613 g/mol. The van der Waals surface area contributed by atoms with Gasteiger partial charge in [0.15, 0.2) is 0 Å². The van der Waals surface area contributed by atoms with Gasteiger partial charge in [0, 0.05) is 34.6 Å². The van der Waals surface area contributed by atoms with Crippen molar-refractivity contribution in [2.75, 3.05) is 0 Å². The predicted octanol–water partition coefficient (Wildman–Crippen LogP) is 12.2. The van der Waals surface area contributed by atoms with Gasteiger partial charge in [0.25, 0.3) is 0 Å². The van der Waals surface area contributed by atoms with Gasteiger partial charge in [0.05, 0.1) is 0 Å². The molecule has 41 heavy (non-hydrogen) atoms. The zero-order chi connectivity index (χ0) is 29.8. The molecule has 4 nitrogen and oxygen atoms in total. The molecule has 0 spiro atoms. The molecule has 5 heteroatoms. The summed E-state index contributed by atoms with van der Waals surface area (Å²) in [5.74, 6) is -1.33. The van der Waals surface area contributed by atoms with Crippen LogP contribution in [0.25, 0.3) is 0 Å². The van der Waals surface area contributed by atoms with Gasteiger partial charge in [-0.25, -0.2) is 0 Å². The molecule has 0 rings (SSSR count). The Balaban J connectivity index is -0.000000688. The molecule has 0 radical (unpaired) electrons. The summed E-state index contributed by atoms with van der Waals surface area (Å²) in [6.45, 7) is 4.52. The van der Waals surface area contributed by atoms with Gasteiger partial charge in [-0.1, -0.05) is 141 Å². The van der Waals surface area contributed by atoms with Crippen LogP contribution in [0.1, 0.15) is 194 Å². The number of aliphatic carboxylic acids is 2. The third-order valence-electron chi connectivity index (χ3n) is 7.30. The quantitative estimate of drug-likeness (QED) is 0.0481. The largest absolute Gasteiger partial charge is 0.481 e. The summed E-state index contributed by atoms with van der Waals surface area (Å²) in [4.78, 5) is 20.6. The third-order valence-corrected chi connectivity index (χ3v) is 7.30. The first-order valence-corrected chi connectivity index (χ1v) is 17.3. The van der Waals surface area contributed by atoms with Crippen LogP contribution in [-0.2, 0) is 31.3 Å². The second-order valence-corrected chi connectivity index (χ2v) is 11.5. The first-order chi connectivity index (χ1) is 19.5. The topological polar surface area (TPSA) is 74.6 Å². The van der Waals surface area contributed by atoms with E-state index in [4.69, 9.17) is 10.2 Å². The van der Waals surface area contributed by atoms with Crippen molar-refractivity contribution < 1.29 is 41.5 Å². The van der Waals surface area contributed by atoms with E-state index in [0.717, 1.165) is 25.7 Å². The number of hydrogen-bond acceptors (Lipinski definition) is 2. The second kappa shape index (κ2) is 41.3. The molecule has 0 atom stereocenters. The molecule has 0 unspecified atom stereocenters. The summed E-state index contributed by atoms with van der Waals surface area (Å²) < 4.78 is 0. The fourth-order valence-electron chi connectivity index (χ4n) is 4.69. The Morgan fingerprint density at radius 3 is 0.854 bits per heavy atom. The molecule has 0 aromatic heterocycles. The Hall–Kier alpha value is -0.866. The normalized spacial score (nSPS) is 11.0. The standard InChI is InChI=1S/2C18H34O2.Ti/c2*1-2-3-4-5-6-7-8-9-10-11-12-13-14-15-16-17-18(19)20;/h2*9-10H,2-8,11-17H2,1H3,(H,19,20);/b2*10-9-;. The first kappa shape index (κ1) is 44.6. The van der Waals surface area contributed by atoms with Crippen LogP contribution in [0.2, 0.25) is 0 Å². The Labute approximate surface area is 270 Å². The summed E-state index contributed by atoms with van der Waals surface area (Å²) >= 11 is 0. The van der Waals surface area contributed by atoms with E-state index in [2.05, 4.69) is 38.2 Å². The summed E-state index contributed by atoms with van der Waals surface area (Å²) in [6, 6.07) is 0. The average Bonchev–Trinajstić information content (AvgIpc) is 2.93. The molecular formula is C36H68O4Ti. The van der Waals surface area contributed by atoms with Gasteiger partial charge >= 0.3 is 11.9 Å². The monoisotopic (exact) mass is 612 g/mol. The molecule has 0 aliphatic heterocycles. The predicted molar refractivity (Wildman–Crippen MR) is 174 cm³/mol. The van der Waals surface area contributed by atoms with Crippen LogP contribution in [0, 0.1) is 0 Å². The molecule has 0 bridgehead atoms. The minimum absolute atomic E-state index is 0. The van der Waals surface area contributed by atoms with E-state index in [1.54, 1.807) is 0 Å². The van der Waals surface area contributed by atoms with Crippen molar-refractivity contribution in [3.05, 3.63) is 24.3 Å². The maximum atomic E-state index is 10.3. The van der Waals surface area contributed by atoms with Crippen molar-refractivity contribution in [3.63, 3.8) is 0 Å². The summed E-state index contributed by atoms with van der Waals surface area (Å²) in [7, 11) is 0. The Morgan fingerprint density at radius 2 is 0.610 bits per heavy atom. The van der Waals surface area contributed by atoms with Crippen molar-refractivity contribution in [1.82, 2.24) is 0 Å². The van der Waals surface area contributed by atoms with Crippen LogP contribution in [-0.4, -0.2) is 22.2 Å². The summed E-state index contributed by atoms with van der Waals surface area (Å²) in [6.07, 6.45) is 42.5. The van der Waals surface area contributed by atoms with Gasteiger partial charge in [-0.05, 0) is 64.2 Å². The molecule has 0 fully saturated rings. The third kappa shape index (κ3) is 49.2. The summed E-state index contributed by atoms with van der Waals surface area (Å²) in [5.41, 5.74) is 0. The molecule has 240 valence electrons. The smallest absolute Gasteiger partial charge is 0.303 e. The number of hydrogen-bond donors (Lipinski definition) is 2. The van der Waals surface area contributed by atoms with E-state index in [1.807, 2.05) is 0 Å². The van der Waals surface area contributed by atoms with E-state index in [1.165, 1.54) is 141 Å². The van der Waals surface area contributed by atoms with Crippen molar-refractivity contribution in [1.29, 1.82) is 0 Å². The van der Waals surface area contributed by atoms with Gasteiger partial charge in [-0.3, -0.25) is 9.59 Å². The summed E-state index contributed by atoms with van der Waals surface area (Å²) in [5, 5.41) is 17.0. The minimum atomic E-state index is -0.664. The van der Waals surface area contributed by atoms with Crippen LogP contribution >= 0.6 is 0 Å². The Morgan fingerprint density at radius 1 is 0.390 bits per heavy atom. The Bertz CT molecular complexity index is 524. The number of unbranched alkanes of at least 4 members (excludes halogenated alkanes) is 22. The van der Waals surface area contributed by atoms with Gasteiger partial charge in [-0.2, -0.15) is 0 Å². The molecule has 0 aliphatic carbocycles. The van der Waals surface area contributed by atoms with E-state index in [9.17, 15) is 9.59 Å². The molecule has 0 amide bonds. The van der Waals surface area contributed by atoms with Crippen LogP contribution in [0.3, 0.4) is 0 Å². The van der Waals surface area contributed by atoms with E-state index in [0.29, 0.717) is 12.8 Å². The zero-order valence-electron chi connectivity index (χ0n) is 27.3. The van der Waals surface area contributed by atoms with Gasteiger partial charge in [0.2, 0.25) is 0 Å². The molecule has 0 aromatic rings. The molecule has 2 N–H and O–H groups in total. The van der Waals surface area contributed by atoms with Crippen LogP contribution in [0.15, 0.2) is 24.3 Å². The van der Waals surface area contributed by atoms with E-state index >= 15 is 0 Å². The molecule has 0 aliphatic rings. The second-order valence-electron chi connectivity index (χ2n) is 11.5. The van der Waals surface area contributed by atoms with E-state index in [-0.39, 0.29) is 21.7 Å². The number of carboxylic acid groups (broad SMARTS) is 2. The molecule has 0 saturated carbocycles. The maximum absolute atomic E-state index is 10.3. The minimum Gasteiger partial charge on any atom is -0.481 e. The first-order valence-electron chi connectivity index (χ1n) is 17.3. The van der Waals surface area contributed by atoms with Gasteiger partial charge in [0.1, 0.15) is 0 Å². The SMILES string of the molecule is CCCCCCCC/C=C\CCCCCCCC(=O)O.CCCCCCCC/C=C\CCCCCCCC(=O)O.[Ti].